The van der Waals surface area contributed by atoms with Crippen LogP contribution in [0.3, 0.4) is 0 Å². The molecule has 27 heavy (non-hydrogen) atoms. The Balaban J connectivity index is 2.13. The van der Waals surface area contributed by atoms with Crippen molar-refractivity contribution in [1.82, 2.24) is 10.2 Å². The highest BCUT2D eigenvalue weighted by molar-refractivity contribution is 5.79. The molecule has 144 valence electrons. The lowest BCUT2D eigenvalue weighted by Gasteiger charge is -2.28. The molecule has 1 N–H and O–H groups in total. The number of hydrogen-bond acceptors (Lipinski definition) is 3. The molecule has 2 unspecified atom stereocenters. The predicted molar refractivity (Wildman–Crippen MR) is 102 cm³/mol. The van der Waals surface area contributed by atoms with Gasteiger partial charge in [-0.25, -0.2) is 4.39 Å². The molecule has 0 radical (unpaired) electrons. The molecule has 2 rings (SSSR count). The fourth-order valence-corrected chi connectivity index (χ4v) is 2.83. The van der Waals surface area contributed by atoms with Gasteiger partial charge < -0.3 is 15.0 Å². The van der Waals surface area contributed by atoms with Gasteiger partial charge in [0.25, 0.3) is 0 Å². The monoisotopic (exact) mass is 372 g/mol. The molecule has 0 bridgehead atoms. The number of nitrogens with one attached hydrogen (secondary N) is 1. The molecule has 2 aromatic rings. The Morgan fingerprint density at radius 1 is 1.07 bits per heavy atom. The summed E-state index contributed by atoms with van der Waals surface area (Å²) in [7, 11) is 3.28. The third-order valence-corrected chi connectivity index (χ3v) is 4.60. The summed E-state index contributed by atoms with van der Waals surface area (Å²) in [6, 6.07) is 12.7. The van der Waals surface area contributed by atoms with Gasteiger partial charge in [-0.05, 0) is 42.3 Å². The molecule has 0 saturated carbocycles. The van der Waals surface area contributed by atoms with Crippen molar-refractivity contribution in [2.45, 2.75) is 32.4 Å². The van der Waals surface area contributed by atoms with E-state index in [2.05, 4.69) is 5.32 Å². The maximum Gasteiger partial charge on any atom is 0.225 e. The normalized spacial score (nSPS) is 12.8. The SMILES string of the molecule is COc1ccc(C(CC(=O)N(C)C(C)c2ccc(F)cc2)NC(C)=O)cc1. The maximum absolute atomic E-state index is 13.1. The van der Waals surface area contributed by atoms with Gasteiger partial charge in [0.15, 0.2) is 0 Å². The average Bonchev–Trinajstić information content (AvgIpc) is 2.66. The Morgan fingerprint density at radius 2 is 1.63 bits per heavy atom. The average molecular weight is 372 g/mol. The topological polar surface area (TPSA) is 58.6 Å². The van der Waals surface area contributed by atoms with E-state index >= 15 is 0 Å². The van der Waals surface area contributed by atoms with E-state index in [0.717, 1.165) is 11.1 Å². The number of hydrogen-bond donors (Lipinski definition) is 1. The van der Waals surface area contributed by atoms with Crippen LogP contribution >= 0.6 is 0 Å². The minimum Gasteiger partial charge on any atom is -0.497 e. The van der Waals surface area contributed by atoms with Gasteiger partial charge in [0.05, 0.1) is 25.6 Å². The number of carbonyl (C=O) groups excluding carboxylic acids is 2. The molecule has 2 amide bonds. The molecule has 6 heteroatoms. The number of carbonyl (C=O) groups is 2. The number of halogens is 1. The number of amides is 2. The number of nitrogens with zero attached hydrogens (tertiary/aromatic N) is 1. The summed E-state index contributed by atoms with van der Waals surface area (Å²) in [4.78, 5) is 26.0. The fourth-order valence-electron chi connectivity index (χ4n) is 2.83. The van der Waals surface area contributed by atoms with E-state index < -0.39 is 6.04 Å². The first-order chi connectivity index (χ1) is 12.8. The zero-order valence-electron chi connectivity index (χ0n) is 16.0. The highest BCUT2D eigenvalue weighted by atomic mass is 19.1. The first kappa shape index (κ1) is 20.4. The molecule has 0 heterocycles. The second kappa shape index (κ2) is 9.16. The third-order valence-electron chi connectivity index (χ3n) is 4.60. The van der Waals surface area contributed by atoms with Crippen molar-refractivity contribution in [3.8, 4) is 5.75 Å². The van der Waals surface area contributed by atoms with Crippen LogP contribution in [0.1, 0.15) is 43.5 Å². The molecule has 2 atom stereocenters. The van der Waals surface area contributed by atoms with E-state index in [9.17, 15) is 14.0 Å². The van der Waals surface area contributed by atoms with E-state index in [-0.39, 0.29) is 30.1 Å². The van der Waals surface area contributed by atoms with E-state index in [0.29, 0.717) is 5.75 Å². The number of rotatable bonds is 7. The van der Waals surface area contributed by atoms with Gasteiger partial charge in [0.2, 0.25) is 11.8 Å². The molecule has 2 aromatic carbocycles. The van der Waals surface area contributed by atoms with Crippen LogP contribution in [0.2, 0.25) is 0 Å². The molecule has 0 spiro atoms. The molecule has 0 fully saturated rings. The molecular weight excluding hydrogens is 347 g/mol. The molecule has 0 saturated heterocycles. The van der Waals surface area contributed by atoms with Gasteiger partial charge in [-0.3, -0.25) is 9.59 Å². The first-order valence-corrected chi connectivity index (χ1v) is 8.74. The van der Waals surface area contributed by atoms with Crippen LogP contribution in [0.25, 0.3) is 0 Å². The van der Waals surface area contributed by atoms with E-state index in [1.54, 1.807) is 43.3 Å². The van der Waals surface area contributed by atoms with Gasteiger partial charge in [-0.15, -0.1) is 0 Å². The molecule has 0 aliphatic heterocycles. The van der Waals surface area contributed by atoms with Crippen molar-refractivity contribution in [3.05, 3.63) is 65.5 Å². The lowest BCUT2D eigenvalue weighted by Crippen LogP contribution is -2.35. The van der Waals surface area contributed by atoms with Crippen molar-refractivity contribution in [3.63, 3.8) is 0 Å². The highest BCUT2D eigenvalue weighted by Gasteiger charge is 2.23. The fraction of sp³-hybridized carbons (Fsp3) is 0.333. The second-order valence-electron chi connectivity index (χ2n) is 6.46. The van der Waals surface area contributed by atoms with Crippen LogP contribution in [-0.2, 0) is 9.59 Å². The van der Waals surface area contributed by atoms with E-state index in [1.807, 2.05) is 19.1 Å². The van der Waals surface area contributed by atoms with Crippen molar-refractivity contribution in [2.24, 2.45) is 0 Å². The quantitative estimate of drug-likeness (QED) is 0.808. The van der Waals surface area contributed by atoms with Crippen LogP contribution in [0.4, 0.5) is 4.39 Å². The molecule has 0 aliphatic carbocycles. The van der Waals surface area contributed by atoms with Gasteiger partial charge in [0.1, 0.15) is 11.6 Å². The van der Waals surface area contributed by atoms with E-state index in [1.165, 1.54) is 19.1 Å². The minimum absolute atomic E-state index is 0.119. The van der Waals surface area contributed by atoms with E-state index in [4.69, 9.17) is 4.74 Å². The Kier molecular flexibility index (Phi) is 6.93. The van der Waals surface area contributed by atoms with Crippen LogP contribution < -0.4 is 10.1 Å². The first-order valence-electron chi connectivity index (χ1n) is 8.74. The summed E-state index contributed by atoms with van der Waals surface area (Å²) in [5.74, 6) is 0.0538. The van der Waals surface area contributed by atoms with Crippen LogP contribution in [0.15, 0.2) is 48.5 Å². The number of ether oxygens (including phenoxy) is 1. The minimum atomic E-state index is -0.441. The lowest BCUT2D eigenvalue weighted by atomic mass is 10.0. The second-order valence-corrected chi connectivity index (χ2v) is 6.46. The van der Waals surface area contributed by atoms with Crippen LogP contribution in [-0.4, -0.2) is 30.9 Å². The Morgan fingerprint density at radius 3 is 2.15 bits per heavy atom. The highest BCUT2D eigenvalue weighted by Crippen LogP contribution is 2.24. The predicted octanol–water partition coefficient (Wildman–Crippen LogP) is 3.62. The molecule has 0 aromatic heterocycles. The third kappa shape index (κ3) is 5.54. The van der Waals surface area contributed by atoms with Crippen molar-refractivity contribution in [2.75, 3.05) is 14.2 Å². The van der Waals surface area contributed by atoms with Crippen molar-refractivity contribution < 1.29 is 18.7 Å². The summed E-state index contributed by atoms with van der Waals surface area (Å²) in [6.07, 6.45) is 0.119. The molecule has 5 nitrogen and oxygen atoms in total. The van der Waals surface area contributed by atoms with Crippen LogP contribution in [0, 0.1) is 5.82 Å². The zero-order valence-corrected chi connectivity index (χ0v) is 16.0. The summed E-state index contributed by atoms with van der Waals surface area (Å²) >= 11 is 0. The Hall–Kier alpha value is -2.89. The summed E-state index contributed by atoms with van der Waals surface area (Å²) in [5.41, 5.74) is 1.66. The lowest BCUT2D eigenvalue weighted by molar-refractivity contribution is -0.132. The van der Waals surface area contributed by atoms with Crippen molar-refractivity contribution in [1.29, 1.82) is 0 Å². The van der Waals surface area contributed by atoms with Gasteiger partial charge in [-0.1, -0.05) is 24.3 Å². The standard InChI is InChI=1S/C21H25FN2O3/c1-14(16-5-9-18(22)10-6-16)24(3)21(26)13-20(23-15(2)25)17-7-11-19(27-4)12-8-17/h5-12,14,20H,13H2,1-4H3,(H,23,25). The zero-order chi connectivity index (χ0) is 20.0. The Bertz CT molecular complexity index is 775. The van der Waals surface area contributed by atoms with Crippen LogP contribution in [0.5, 0.6) is 5.75 Å². The number of benzene rings is 2. The molecular formula is C21H25FN2O3. The summed E-state index contributed by atoms with van der Waals surface area (Å²) in [6.45, 7) is 3.30. The maximum atomic E-state index is 13.1. The largest absolute Gasteiger partial charge is 0.497 e. The van der Waals surface area contributed by atoms with Gasteiger partial charge in [0, 0.05) is 14.0 Å². The smallest absolute Gasteiger partial charge is 0.225 e. The van der Waals surface area contributed by atoms with Gasteiger partial charge in [-0.2, -0.15) is 0 Å². The van der Waals surface area contributed by atoms with Gasteiger partial charge >= 0.3 is 0 Å². The summed E-state index contributed by atoms with van der Waals surface area (Å²) < 4.78 is 18.3. The number of methoxy groups -OCH3 is 1. The van der Waals surface area contributed by atoms with Crippen molar-refractivity contribution >= 4 is 11.8 Å². The summed E-state index contributed by atoms with van der Waals surface area (Å²) in [5, 5.41) is 2.83. The Labute approximate surface area is 159 Å². The molecule has 0 aliphatic rings.